The van der Waals surface area contributed by atoms with Gasteiger partial charge in [0.05, 0.1) is 12.2 Å². The molecule has 4 nitrogen and oxygen atoms in total. The van der Waals surface area contributed by atoms with Gasteiger partial charge in [-0.15, -0.1) is 0 Å². The summed E-state index contributed by atoms with van der Waals surface area (Å²) >= 11 is 0. The monoisotopic (exact) mass is 264 g/mol. The predicted octanol–water partition coefficient (Wildman–Crippen LogP) is 1.55. The summed E-state index contributed by atoms with van der Waals surface area (Å²) in [5.41, 5.74) is 8.09. The molecular formula is C15H24N2O2. The highest BCUT2D eigenvalue weighted by Crippen LogP contribution is 2.17. The van der Waals surface area contributed by atoms with E-state index in [4.69, 9.17) is 15.2 Å². The molecule has 4 heteroatoms. The van der Waals surface area contributed by atoms with Gasteiger partial charge in [0, 0.05) is 33.0 Å². The van der Waals surface area contributed by atoms with Gasteiger partial charge in [-0.3, -0.25) is 4.90 Å². The second-order valence-electron chi connectivity index (χ2n) is 5.11. The molecule has 1 aliphatic heterocycles. The molecule has 0 spiro atoms. The van der Waals surface area contributed by atoms with E-state index in [9.17, 15) is 0 Å². The van der Waals surface area contributed by atoms with Crippen LogP contribution in [0.2, 0.25) is 0 Å². The summed E-state index contributed by atoms with van der Waals surface area (Å²) in [5, 5.41) is 0. The highest BCUT2D eigenvalue weighted by Gasteiger charge is 2.32. The summed E-state index contributed by atoms with van der Waals surface area (Å²) in [6, 6.07) is 8.09. The molecule has 0 amide bonds. The smallest absolute Gasteiger partial charge is 0.0971 e. The summed E-state index contributed by atoms with van der Waals surface area (Å²) in [5.74, 6) is 0. The molecule has 1 aromatic rings. The van der Waals surface area contributed by atoms with Gasteiger partial charge in [-0.2, -0.15) is 0 Å². The molecule has 2 rings (SSSR count). The van der Waals surface area contributed by atoms with Crippen molar-refractivity contribution in [1.82, 2.24) is 4.90 Å². The molecule has 2 unspecified atom stereocenters. The van der Waals surface area contributed by atoms with Crippen LogP contribution in [0.4, 0.5) is 5.69 Å². The minimum absolute atomic E-state index is 0.201. The zero-order valence-electron chi connectivity index (χ0n) is 11.8. The standard InChI is InChI=1S/C15H24N2O2/c1-18-14-10-17(11-15(14)19-2)9-5-7-12-6-3-4-8-13(12)16/h3-4,6,8,14-15H,5,7,9-11,16H2,1-2H3. The fraction of sp³-hybridized carbons (Fsp3) is 0.600. The first kappa shape index (κ1) is 14.3. The zero-order valence-corrected chi connectivity index (χ0v) is 11.8. The van der Waals surface area contributed by atoms with E-state index in [-0.39, 0.29) is 12.2 Å². The van der Waals surface area contributed by atoms with Crippen molar-refractivity contribution in [3.63, 3.8) is 0 Å². The SMILES string of the molecule is COC1CN(CCCc2ccccc2N)CC1OC. The Morgan fingerprint density at radius 1 is 1.16 bits per heavy atom. The maximum absolute atomic E-state index is 5.95. The van der Waals surface area contributed by atoms with Crippen LogP contribution in [0.1, 0.15) is 12.0 Å². The van der Waals surface area contributed by atoms with E-state index in [1.165, 1.54) is 5.56 Å². The topological polar surface area (TPSA) is 47.7 Å². The van der Waals surface area contributed by atoms with Crippen LogP contribution >= 0.6 is 0 Å². The van der Waals surface area contributed by atoms with E-state index in [1.807, 2.05) is 18.2 Å². The molecule has 0 radical (unpaired) electrons. The van der Waals surface area contributed by atoms with Crippen LogP contribution in [0.25, 0.3) is 0 Å². The Kier molecular flexibility index (Phi) is 5.19. The Morgan fingerprint density at radius 2 is 1.79 bits per heavy atom. The predicted molar refractivity (Wildman–Crippen MR) is 77.2 cm³/mol. The van der Waals surface area contributed by atoms with Gasteiger partial charge < -0.3 is 15.2 Å². The number of nitrogens with zero attached hydrogens (tertiary/aromatic N) is 1. The lowest BCUT2D eigenvalue weighted by Crippen LogP contribution is -2.27. The van der Waals surface area contributed by atoms with Crippen LogP contribution in [0, 0.1) is 0 Å². The second kappa shape index (κ2) is 6.89. The molecular weight excluding hydrogens is 240 g/mol. The summed E-state index contributed by atoms with van der Waals surface area (Å²) in [7, 11) is 3.51. The molecule has 1 aliphatic rings. The maximum Gasteiger partial charge on any atom is 0.0971 e. The molecule has 0 aliphatic carbocycles. The lowest BCUT2D eigenvalue weighted by molar-refractivity contribution is -0.00461. The van der Waals surface area contributed by atoms with Gasteiger partial charge >= 0.3 is 0 Å². The van der Waals surface area contributed by atoms with E-state index in [0.717, 1.165) is 38.2 Å². The number of rotatable bonds is 6. The Bertz CT molecular complexity index is 385. The molecule has 0 bridgehead atoms. The van der Waals surface area contributed by atoms with Gasteiger partial charge in [-0.25, -0.2) is 0 Å². The van der Waals surface area contributed by atoms with Crippen molar-refractivity contribution < 1.29 is 9.47 Å². The Morgan fingerprint density at radius 3 is 2.37 bits per heavy atom. The first-order chi connectivity index (χ1) is 9.24. The number of likely N-dealkylation sites (tertiary alicyclic amines) is 1. The Hall–Kier alpha value is -1.10. The normalized spacial score (nSPS) is 23.9. The number of benzene rings is 1. The average Bonchev–Trinajstić information content (AvgIpc) is 2.83. The van der Waals surface area contributed by atoms with Crippen LogP contribution in [0.15, 0.2) is 24.3 Å². The van der Waals surface area contributed by atoms with Gasteiger partial charge in [0.1, 0.15) is 0 Å². The Labute approximate surface area is 115 Å². The number of nitrogen functional groups attached to an aromatic ring is 1. The van der Waals surface area contributed by atoms with Gasteiger partial charge in [-0.05, 0) is 31.0 Å². The first-order valence-corrected chi connectivity index (χ1v) is 6.86. The first-order valence-electron chi connectivity index (χ1n) is 6.86. The number of hydrogen-bond donors (Lipinski definition) is 1. The third kappa shape index (κ3) is 3.69. The minimum atomic E-state index is 0.201. The number of nitrogens with two attached hydrogens (primary N) is 1. The quantitative estimate of drug-likeness (QED) is 0.792. The molecule has 2 N–H and O–H groups in total. The van der Waals surface area contributed by atoms with Crippen molar-refractivity contribution in [3.8, 4) is 0 Å². The molecule has 0 saturated carbocycles. The lowest BCUT2D eigenvalue weighted by atomic mass is 10.1. The summed E-state index contributed by atoms with van der Waals surface area (Å²) in [6.45, 7) is 2.98. The fourth-order valence-corrected chi connectivity index (χ4v) is 2.71. The number of methoxy groups -OCH3 is 2. The Balaban J connectivity index is 1.76. The molecule has 106 valence electrons. The minimum Gasteiger partial charge on any atom is -0.399 e. The number of anilines is 1. The van der Waals surface area contributed by atoms with E-state index in [0.29, 0.717) is 0 Å². The van der Waals surface area contributed by atoms with Gasteiger partial charge in [0.25, 0.3) is 0 Å². The van der Waals surface area contributed by atoms with E-state index < -0.39 is 0 Å². The summed E-state index contributed by atoms with van der Waals surface area (Å²) in [4.78, 5) is 2.40. The van der Waals surface area contributed by atoms with E-state index in [1.54, 1.807) is 14.2 Å². The van der Waals surface area contributed by atoms with E-state index >= 15 is 0 Å². The highest BCUT2D eigenvalue weighted by atomic mass is 16.5. The molecule has 19 heavy (non-hydrogen) atoms. The zero-order chi connectivity index (χ0) is 13.7. The van der Waals surface area contributed by atoms with Crippen LogP contribution in [0.3, 0.4) is 0 Å². The van der Waals surface area contributed by atoms with Gasteiger partial charge in [0.15, 0.2) is 0 Å². The third-order valence-corrected chi connectivity index (χ3v) is 3.87. The molecule has 1 saturated heterocycles. The number of ether oxygens (including phenoxy) is 2. The van der Waals surface area contributed by atoms with Gasteiger partial charge in [-0.1, -0.05) is 18.2 Å². The number of hydrogen-bond acceptors (Lipinski definition) is 4. The summed E-state index contributed by atoms with van der Waals surface area (Å²) < 4.78 is 10.9. The molecule has 1 fully saturated rings. The highest BCUT2D eigenvalue weighted by molar-refractivity contribution is 5.46. The van der Waals surface area contributed by atoms with Crippen molar-refractivity contribution >= 4 is 5.69 Å². The molecule has 2 atom stereocenters. The lowest BCUT2D eigenvalue weighted by Gasteiger charge is -2.15. The molecule has 1 aromatic carbocycles. The van der Waals surface area contributed by atoms with Crippen molar-refractivity contribution in [3.05, 3.63) is 29.8 Å². The van der Waals surface area contributed by atoms with Crippen molar-refractivity contribution in [2.24, 2.45) is 0 Å². The third-order valence-electron chi connectivity index (χ3n) is 3.87. The van der Waals surface area contributed by atoms with E-state index in [2.05, 4.69) is 11.0 Å². The van der Waals surface area contributed by atoms with Crippen molar-refractivity contribution in [2.75, 3.05) is 39.6 Å². The number of aryl methyl sites for hydroxylation is 1. The number of para-hydroxylation sites is 1. The van der Waals surface area contributed by atoms with Crippen LogP contribution < -0.4 is 5.73 Å². The van der Waals surface area contributed by atoms with Crippen LogP contribution in [-0.2, 0) is 15.9 Å². The fourth-order valence-electron chi connectivity index (χ4n) is 2.71. The molecule has 1 heterocycles. The van der Waals surface area contributed by atoms with Crippen LogP contribution in [0.5, 0.6) is 0 Å². The largest absolute Gasteiger partial charge is 0.399 e. The molecule has 0 aromatic heterocycles. The second-order valence-corrected chi connectivity index (χ2v) is 5.11. The maximum atomic E-state index is 5.95. The van der Waals surface area contributed by atoms with Crippen molar-refractivity contribution in [1.29, 1.82) is 0 Å². The van der Waals surface area contributed by atoms with Gasteiger partial charge in [0.2, 0.25) is 0 Å². The average molecular weight is 264 g/mol. The van der Waals surface area contributed by atoms with Crippen LogP contribution in [-0.4, -0.2) is 51.0 Å². The van der Waals surface area contributed by atoms with Crippen molar-refractivity contribution in [2.45, 2.75) is 25.0 Å². The summed E-state index contributed by atoms with van der Waals surface area (Å²) in [6.07, 6.45) is 2.54.